The molecule has 20 heavy (non-hydrogen) atoms. The number of ether oxygens (including phenoxy) is 2. The Bertz CT molecular complexity index is 362. The van der Waals surface area contributed by atoms with Gasteiger partial charge in [-0.2, -0.15) is 0 Å². The van der Waals surface area contributed by atoms with Gasteiger partial charge in [0.25, 0.3) is 0 Å². The standard InChI is InChI=1S/C17H29NO2/c1-13(2)11-20-17-8-6-16(7-9-17)15(4)18-10-14(3)12-19-5/h6-9,13-15,18H,10-12H2,1-5H3. The van der Waals surface area contributed by atoms with Crippen molar-refractivity contribution >= 4 is 0 Å². The first-order valence-corrected chi connectivity index (χ1v) is 7.48. The minimum Gasteiger partial charge on any atom is -0.493 e. The van der Waals surface area contributed by atoms with Gasteiger partial charge in [-0.15, -0.1) is 0 Å². The number of benzene rings is 1. The molecule has 0 heterocycles. The summed E-state index contributed by atoms with van der Waals surface area (Å²) in [5.41, 5.74) is 1.28. The molecule has 0 aromatic heterocycles. The molecule has 0 fully saturated rings. The van der Waals surface area contributed by atoms with Crippen LogP contribution in [-0.2, 0) is 4.74 Å². The highest BCUT2D eigenvalue weighted by molar-refractivity contribution is 5.28. The lowest BCUT2D eigenvalue weighted by atomic mass is 10.1. The van der Waals surface area contributed by atoms with Crippen LogP contribution in [0, 0.1) is 11.8 Å². The van der Waals surface area contributed by atoms with Gasteiger partial charge in [-0.1, -0.05) is 32.9 Å². The molecule has 0 saturated carbocycles. The molecule has 3 heteroatoms. The number of hydrogen-bond donors (Lipinski definition) is 1. The zero-order valence-electron chi connectivity index (χ0n) is 13.5. The zero-order chi connectivity index (χ0) is 15.0. The molecule has 0 saturated heterocycles. The van der Waals surface area contributed by atoms with E-state index in [-0.39, 0.29) is 0 Å². The van der Waals surface area contributed by atoms with Gasteiger partial charge < -0.3 is 14.8 Å². The third kappa shape index (κ3) is 6.40. The molecule has 0 bridgehead atoms. The summed E-state index contributed by atoms with van der Waals surface area (Å²) in [5.74, 6) is 2.02. The van der Waals surface area contributed by atoms with E-state index in [0.717, 1.165) is 25.5 Å². The van der Waals surface area contributed by atoms with Crippen LogP contribution < -0.4 is 10.1 Å². The summed E-state index contributed by atoms with van der Waals surface area (Å²) in [6, 6.07) is 8.71. The molecule has 2 unspecified atom stereocenters. The zero-order valence-corrected chi connectivity index (χ0v) is 13.5. The summed E-state index contributed by atoms with van der Waals surface area (Å²) in [6.07, 6.45) is 0. The van der Waals surface area contributed by atoms with Crippen LogP contribution in [0.25, 0.3) is 0 Å². The molecule has 0 aliphatic carbocycles. The molecule has 1 N–H and O–H groups in total. The maximum absolute atomic E-state index is 5.70. The molecule has 3 nitrogen and oxygen atoms in total. The Hall–Kier alpha value is -1.06. The van der Waals surface area contributed by atoms with Crippen LogP contribution in [-0.4, -0.2) is 26.9 Å². The van der Waals surface area contributed by atoms with Crippen molar-refractivity contribution in [3.63, 3.8) is 0 Å². The fourth-order valence-electron chi connectivity index (χ4n) is 1.95. The maximum Gasteiger partial charge on any atom is 0.119 e. The second-order valence-electron chi connectivity index (χ2n) is 5.96. The van der Waals surface area contributed by atoms with Crippen LogP contribution in [0.15, 0.2) is 24.3 Å². The van der Waals surface area contributed by atoms with Crippen molar-refractivity contribution in [3.8, 4) is 5.75 Å². The van der Waals surface area contributed by atoms with Crippen molar-refractivity contribution in [2.45, 2.75) is 33.7 Å². The van der Waals surface area contributed by atoms with Gasteiger partial charge in [0.1, 0.15) is 5.75 Å². The molecular weight excluding hydrogens is 250 g/mol. The fraction of sp³-hybridized carbons (Fsp3) is 0.647. The van der Waals surface area contributed by atoms with Gasteiger partial charge in [-0.3, -0.25) is 0 Å². The molecular formula is C17H29NO2. The van der Waals surface area contributed by atoms with Crippen molar-refractivity contribution in [1.82, 2.24) is 5.32 Å². The predicted molar refractivity (Wildman–Crippen MR) is 84.2 cm³/mol. The van der Waals surface area contributed by atoms with Crippen LogP contribution in [0.5, 0.6) is 5.75 Å². The Balaban J connectivity index is 2.42. The van der Waals surface area contributed by atoms with Gasteiger partial charge in [0, 0.05) is 26.3 Å². The smallest absolute Gasteiger partial charge is 0.119 e. The van der Waals surface area contributed by atoms with Gasteiger partial charge in [0.05, 0.1) is 6.61 Å². The number of nitrogens with one attached hydrogen (secondary N) is 1. The molecule has 0 aliphatic rings. The minimum absolute atomic E-state index is 0.341. The normalized spacial score (nSPS) is 14.3. The van der Waals surface area contributed by atoms with E-state index in [4.69, 9.17) is 9.47 Å². The Labute approximate surface area is 123 Å². The molecule has 0 aliphatic heterocycles. The van der Waals surface area contributed by atoms with Gasteiger partial charge in [0.15, 0.2) is 0 Å². The third-order valence-corrected chi connectivity index (χ3v) is 3.19. The van der Waals surface area contributed by atoms with Crippen molar-refractivity contribution in [2.24, 2.45) is 11.8 Å². The first-order chi connectivity index (χ1) is 9.52. The highest BCUT2D eigenvalue weighted by Gasteiger charge is 2.08. The van der Waals surface area contributed by atoms with E-state index < -0.39 is 0 Å². The van der Waals surface area contributed by atoms with E-state index in [1.807, 2.05) is 0 Å². The first kappa shape index (κ1) is 17.0. The number of methoxy groups -OCH3 is 1. The highest BCUT2D eigenvalue weighted by Crippen LogP contribution is 2.18. The Morgan fingerprint density at radius 2 is 1.65 bits per heavy atom. The highest BCUT2D eigenvalue weighted by atomic mass is 16.5. The van der Waals surface area contributed by atoms with E-state index in [2.05, 4.69) is 57.3 Å². The summed E-state index contributed by atoms with van der Waals surface area (Å²) in [7, 11) is 1.75. The van der Waals surface area contributed by atoms with E-state index >= 15 is 0 Å². The van der Waals surface area contributed by atoms with Crippen LogP contribution >= 0.6 is 0 Å². The average Bonchev–Trinajstić information content (AvgIpc) is 2.43. The van der Waals surface area contributed by atoms with Crippen molar-refractivity contribution in [1.29, 1.82) is 0 Å². The second-order valence-corrected chi connectivity index (χ2v) is 5.96. The molecule has 2 atom stereocenters. The molecule has 0 radical (unpaired) electrons. The third-order valence-electron chi connectivity index (χ3n) is 3.19. The Morgan fingerprint density at radius 3 is 2.20 bits per heavy atom. The quantitative estimate of drug-likeness (QED) is 0.748. The van der Waals surface area contributed by atoms with E-state index in [0.29, 0.717) is 17.9 Å². The van der Waals surface area contributed by atoms with Crippen molar-refractivity contribution in [2.75, 3.05) is 26.9 Å². The summed E-state index contributed by atoms with van der Waals surface area (Å²) >= 11 is 0. The molecule has 114 valence electrons. The van der Waals surface area contributed by atoms with Crippen LogP contribution in [0.3, 0.4) is 0 Å². The maximum atomic E-state index is 5.70. The van der Waals surface area contributed by atoms with E-state index in [1.54, 1.807) is 7.11 Å². The first-order valence-electron chi connectivity index (χ1n) is 7.48. The van der Waals surface area contributed by atoms with Gasteiger partial charge in [-0.25, -0.2) is 0 Å². The lowest BCUT2D eigenvalue weighted by Gasteiger charge is -2.18. The number of hydrogen-bond acceptors (Lipinski definition) is 3. The largest absolute Gasteiger partial charge is 0.493 e. The van der Waals surface area contributed by atoms with Gasteiger partial charge in [-0.05, 0) is 36.5 Å². The van der Waals surface area contributed by atoms with E-state index in [1.165, 1.54) is 5.56 Å². The van der Waals surface area contributed by atoms with Crippen molar-refractivity contribution < 1.29 is 9.47 Å². The summed E-state index contributed by atoms with van der Waals surface area (Å²) in [6.45, 7) is 11.2. The lowest BCUT2D eigenvalue weighted by Crippen LogP contribution is -2.26. The summed E-state index contributed by atoms with van der Waals surface area (Å²) in [5, 5.41) is 3.53. The Morgan fingerprint density at radius 1 is 1.00 bits per heavy atom. The minimum atomic E-state index is 0.341. The average molecular weight is 279 g/mol. The predicted octanol–water partition coefficient (Wildman–Crippen LogP) is 3.65. The molecule has 0 spiro atoms. The Kier molecular flexibility index (Phi) is 7.63. The van der Waals surface area contributed by atoms with Crippen LogP contribution in [0.4, 0.5) is 0 Å². The fourth-order valence-corrected chi connectivity index (χ4v) is 1.95. The van der Waals surface area contributed by atoms with Crippen LogP contribution in [0.2, 0.25) is 0 Å². The summed E-state index contributed by atoms with van der Waals surface area (Å²) < 4.78 is 10.8. The van der Waals surface area contributed by atoms with Crippen molar-refractivity contribution in [3.05, 3.63) is 29.8 Å². The molecule has 1 aromatic rings. The monoisotopic (exact) mass is 279 g/mol. The number of rotatable bonds is 9. The second kappa shape index (κ2) is 8.98. The van der Waals surface area contributed by atoms with Crippen LogP contribution in [0.1, 0.15) is 39.3 Å². The lowest BCUT2D eigenvalue weighted by molar-refractivity contribution is 0.157. The van der Waals surface area contributed by atoms with E-state index in [9.17, 15) is 0 Å². The van der Waals surface area contributed by atoms with Gasteiger partial charge >= 0.3 is 0 Å². The molecule has 1 rings (SSSR count). The molecule has 1 aromatic carbocycles. The molecule has 0 amide bonds. The SMILES string of the molecule is COCC(C)CNC(C)c1ccc(OCC(C)C)cc1. The van der Waals surface area contributed by atoms with Gasteiger partial charge in [0.2, 0.25) is 0 Å². The summed E-state index contributed by atoms with van der Waals surface area (Å²) in [4.78, 5) is 0. The topological polar surface area (TPSA) is 30.5 Å².